The van der Waals surface area contributed by atoms with Crippen LogP contribution in [0, 0.1) is 0 Å². The van der Waals surface area contributed by atoms with Gasteiger partial charge < -0.3 is 30.3 Å². The van der Waals surface area contributed by atoms with E-state index in [9.17, 15) is 28.8 Å². The fraction of sp³-hybridized carbons (Fsp3) is 0.0500. The number of aliphatic carboxylic acids is 1. The molecule has 0 aliphatic heterocycles. The minimum Gasteiger partial charge on any atom is -0.481 e. The molecule has 0 aliphatic carbocycles. The van der Waals surface area contributed by atoms with E-state index in [2.05, 4.69) is 4.74 Å². The molecule has 33 heavy (non-hydrogen) atoms. The van der Waals surface area contributed by atoms with Crippen LogP contribution in [0.1, 0.15) is 69.1 Å². The molecule has 0 unspecified atom stereocenters. The maximum atomic E-state index is 12.2. The van der Waals surface area contributed by atoms with Crippen LogP contribution < -0.4 is 0 Å². The van der Waals surface area contributed by atoms with Crippen molar-refractivity contribution < 1.29 is 63.8 Å². The monoisotopic (exact) mass is 462 g/mol. The first-order chi connectivity index (χ1) is 15.3. The van der Waals surface area contributed by atoms with Crippen molar-refractivity contribution in [2.24, 2.45) is 0 Å². The second kappa shape index (κ2) is 10.8. The SMILES string of the molecule is CC(=O)O.O=C(O)c1ccc(C(=O)OC(=O)c2ccc(C(=O)O)cc2C(=O)O)c(C(=O)O)c1. The molecule has 0 aromatic heterocycles. The summed E-state index contributed by atoms with van der Waals surface area (Å²) in [6.07, 6.45) is 0. The highest BCUT2D eigenvalue weighted by molar-refractivity contribution is 6.11. The van der Waals surface area contributed by atoms with Gasteiger partial charge in [-0.3, -0.25) is 4.79 Å². The number of aromatic carboxylic acids is 4. The molecule has 0 amide bonds. The van der Waals surface area contributed by atoms with E-state index in [1.807, 2.05) is 0 Å². The predicted molar refractivity (Wildman–Crippen MR) is 104 cm³/mol. The smallest absolute Gasteiger partial charge is 0.346 e. The Hall–Kier alpha value is -5.07. The zero-order valence-electron chi connectivity index (χ0n) is 16.5. The number of hydrogen-bond donors (Lipinski definition) is 5. The lowest BCUT2D eigenvalue weighted by atomic mass is 10.0. The van der Waals surface area contributed by atoms with Crippen molar-refractivity contribution in [1.82, 2.24) is 0 Å². The molecule has 0 heterocycles. The van der Waals surface area contributed by atoms with Crippen molar-refractivity contribution in [3.63, 3.8) is 0 Å². The second-order valence-electron chi connectivity index (χ2n) is 5.94. The molecule has 2 rings (SSSR count). The van der Waals surface area contributed by atoms with Crippen LogP contribution >= 0.6 is 0 Å². The van der Waals surface area contributed by atoms with Gasteiger partial charge in [-0.1, -0.05) is 0 Å². The molecule has 0 saturated heterocycles. The first-order valence-electron chi connectivity index (χ1n) is 8.43. The molecule has 5 N–H and O–H groups in total. The van der Waals surface area contributed by atoms with Gasteiger partial charge in [-0.25, -0.2) is 28.8 Å². The third-order valence-corrected chi connectivity index (χ3v) is 3.62. The Morgan fingerprint density at radius 3 is 1.09 bits per heavy atom. The summed E-state index contributed by atoms with van der Waals surface area (Å²) in [5.74, 6) is -10.00. The van der Waals surface area contributed by atoms with Gasteiger partial charge in [-0.2, -0.15) is 0 Å². The van der Waals surface area contributed by atoms with Gasteiger partial charge in [0.05, 0.1) is 33.4 Å². The van der Waals surface area contributed by atoms with E-state index in [1.54, 1.807) is 0 Å². The first kappa shape index (κ1) is 26.0. The summed E-state index contributed by atoms with van der Waals surface area (Å²) in [6.45, 7) is 1.08. The Balaban J connectivity index is 0.00000125. The van der Waals surface area contributed by atoms with E-state index in [0.29, 0.717) is 12.1 Å². The summed E-state index contributed by atoms with van der Waals surface area (Å²) in [6, 6.07) is 4.87. The average molecular weight is 462 g/mol. The number of rotatable bonds is 6. The van der Waals surface area contributed by atoms with E-state index >= 15 is 0 Å². The maximum Gasteiger partial charge on any atom is 0.346 e. The van der Waals surface area contributed by atoms with E-state index in [4.69, 9.17) is 30.3 Å². The quantitative estimate of drug-likeness (QED) is 0.303. The van der Waals surface area contributed by atoms with Crippen LogP contribution in [0.15, 0.2) is 36.4 Å². The molecule has 0 fully saturated rings. The molecular formula is C20H14O13. The molecule has 0 spiro atoms. The van der Waals surface area contributed by atoms with Crippen LogP contribution in [0.5, 0.6) is 0 Å². The number of ether oxygens (including phenoxy) is 1. The zero-order valence-corrected chi connectivity index (χ0v) is 16.5. The maximum absolute atomic E-state index is 12.2. The molecule has 0 bridgehead atoms. The highest BCUT2D eigenvalue weighted by Gasteiger charge is 2.26. The Morgan fingerprint density at radius 1 is 0.545 bits per heavy atom. The van der Waals surface area contributed by atoms with Gasteiger partial charge in [0.2, 0.25) is 0 Å². The van der Waals surface area contributed by atoms with Crippen molar-refractivity contribution in [1.29, 1.82) is 0 Å². The highest BCUT2D eigenvalue weighted by atomic mass is 16.6. The molecule has 13 heteroatoms. The molecule has 2 aromatic carbocycles. The number of carboxylic acid groups (broad SMARTS) is 5. The molecule has 172 valence electrons. The number of carbonyl (C=O) groups excluding carboxylic acids is 2. The van der Waals surface area contributed by atoms with Gasteiger partial charge in [0.1, 0.15) is 0 Å². The minimum atomic E-state index is -1.66. The molecule has 0 radical (unpaired) electrons. The molecule has 0 aliphatic rings. The molecular weight excluding hydrogens is 448 g/mol. The fourth-order valence-electron chi connectivity index (χ4n) is 2.26. The van der Waals surface area contributed by atoms with Crippen molar-refractivity contribution in [2.45, 2.75) is 6.92 Å². The van der Waals surface area contributed by atoms with Crippen LogP contribution in [-0.2, 0) is 9.53 Å². The van der Waals surface area contributed by atoms with Crippen LogP contribution in [0.2, 0.25) is 0 Å². The number of carboxylic acids is 5. The Kier molecular flexibility index (Phi) is 8.50. The molecule has 0 saturated carbocycles. The van der Waals surface area contributed by atoms with E-state index in [0.717, 1.165) is 31.2 Å². The van der Waals surface area contributed by atoms with Crippen molar-refractivity contribution >= 4 is 41.8 Å². The summed E-state index contributed by atoms with van der Waals surface area (Å²) < 4.78 is 4.51. The highest BCUT2D eigenvalue weighted by Crippen LogP contribution is 2.18. The van der Waals surface area contributed by atoms with Crippen LogP contribution in [-0.4, -0.2) is 67.3 Å². The summed E-state index contributed by atoms with van der Waals surface area (Å²) in [5.41, 5.74) is -3.64. The zero-order chi connectivity index (χ0) is 25.5. The number of carbonyl (C=O) groups is 7. The van der Waals surface area contributed by atoms with Crippen LogP contribution in [0.3, 0.4) is 0 Å². The van der Waals surface area contributed by atoms with Gasteiger partial charge in [0, 0.05) is 6.92 Å². The van der Waals surface area contributed by atoms with E-state index in [1.165, 1.54) is 0 Å². The molecule has 0 atom stereocenters. The van der Waals surface area contributed by atoms with Gasteiger partial charge >= 0.3 is 35.8 Å². The van der Waals surface area contributed by atoms with Crippen molar-refractivity contribution in [2.75, 3.05) is 0 Å². The number of hydrogen-bond acceptors (Lipinski definition) is 8. The summed E-state index contributed by atoms with van der Waals surface area (Å²) >= 11 is 0. The summed E-state index contributed by atoms with van der Waals surface area (Å²) in [7, 11) is 0. The Bertz CT molecular complexity index is 1090. The number of benzene rings is 2. The third kappa shape index (κ3) is 6.99. The Labute approximate surface area is 183 Å². The Morgan fingerprint density at radius 2 is 0.848 bits per heavy atom. The minimum absolute atomic E-state index is 0.428. The van der Waals surface area contributed by atoms with Gasteiger partial charge in [-0.15, -0.1) is 0 Å². The standard InChI is InChI=1S/C18H10O11.C2H4O2/c19-13(20)7-1-3-9(11(5-7)15(23)24)17(27)29-18(28)10-4-2-8(14(21)22)6-12(10)16(25)26;1-2(3)4/h1-6H,(H,19,20)(H,21,22)(H,23,24)(H,25,26);1H3,(H,3,4). The largest absolute Gasteiger partial charge is 0.481 e. The number of esters is 2. The second-order valence-corrected chi connectivity index (χ2v) is 5.94. The normalized spacial score (nSPS) is 9.61. The first-order valence-corrected chi connectivity index (χ1v) is 8.43. The van der Waals surface area contributed by atoms with E-state index < -0.39 is 75.2 Å². The summed E-state index contributed by atoms with van der Waals surface area (Å²) in [5, 5.41) is 43.5. The van der Waals surface area contributed by atoms with Gasteiger partial charge in [0.15, 0.2) is 0 Å². The third-order valence-electron chi connectivity index (χ3n) is 3.62. The fourth-order valence-corrected chi connectivity index (χ4v) is 2.26. The predicted octanol–water partition coefficient (Wildman–Crippen LogP) is 1.57. The van der Waals surface area contributed by atoms with E-state index in [-0.39, 0.29) is 0 Å². The van der Waals surface area contributed by atoms with Gasteiger partial charge in [-0.05, 0) is 36.4 Å². The summed E-state index contributed by atoms with van der Waals surface area (Å²) in [4.78, 5) is 77.8. The van der Waals surface area contributed by atoms with Gasteiger partial charge in [0.25, 0.3) is 5.97 Å². The van der Waals surface area contributed by atoms with Crippen molar-refractivity contribution in [3.05, 3.63) is 69.8 Å². The lowest BCUT2D eigenvalue weighted by molar-refractivity contribution is -0.134. The van der Waals surface area contributed by atoms with Crippen molar-refractivity contribution in [3.8, 4) is 0 Å². The molecule has 2 aromatic rings. The van der Waals surface area contributed by atoms with Crippen LogP contribution in [0.4, 0.5) is 0 Å². The van der Waals surface area contributed by atoms with Crippen LogP contribution in [0.25, 0.3) is 0 Å². The average Bonchev–Trinajstić information content (AvgIpc) is 2.71. The molecule has 13 nitrogen and oxygen atoms in total. The lowest BCUT2D eigenvalue weighted by Crippen LogP contribution is -2.19. The lowest BCUT2D eigenvalue weighted by Gasteiger charge is -2.09. The topological polar surface area (TPSA) is 230 Å².